The fourth-order valence-corrected chi connectivity index (χ4v) is 14.4. The fourth-order valence-electron chi connectivity index (χ4n) is 13.3. The Morgan fingerprint density at radius 2 is 0.732 bits per heavy atom. The second kappa shape index (κ2) is 61.7. The van der Waals surface area contributed by atoms with E-state index in [1.54, 1.807) is 102 Å². The van der Waals surface area contributed by atoms with Crippen LogP contribution in [-0.4, -0.2) is 293 Å². The van der Waals surface area contributed by atoms with Crippen molar-refractivity contribution in [1.29, 1.82) is 16.2 Å². The van der Waals surface area contributed by atoms with E-state index in [-0.39, 0.29) is 118 Å². The molecule has 0 fully saturated rings. The van der Waals surface area contributed by atoms with Gasteiger partial charge in [0.1, 0.15) is 78.3 Å². The van der Waals surface area contributed by atoms with Gasteiger partial charge in [0.2, 0.25) is 100 Å². The van der Waals surface area contributed by atoms with Gasteiger partial charge in [0.15, 0.2) is 17.9 Å². The summed E-state index contributed by atoms with van der Waals surface area (Å²) in [6.45, 7) is 7.07. The Labute approximate surface area is 819 Å². The molecule has 48 nitrogen and oxygen atoms in total. The Hall–Kier alpha value is -13.4. The Morgan fingerprint density at radius 3 is 1.20 bits per heavy atom. The maximum absolute atomic E-state index is 15.0. The SMILES string of the molecule is CC[C@H](C)[C@H](NC(=O)[C@H](Cc1c[nH]c2ccccc12)NC(=O)CNC(=O)[C@H](CCCNC(=N)N)NC(=O)[C@H](CS)NC(=O)[C@H](Cc1ccc(O)cc1)NC(=O)[C@H](CS)NC(=O)[C@H](CC(C)C)NC(=O)CNC(=O)CNC(=O)CNC(=O)[C@@H](N)CCCNC(=N)N)C(=O)N[C@@H](CS)C(=O)N[C@@H](Cc1ccccc1)C(=O)N[C@@H](CS)C(=O)N[C@H](C(=O)NCC(=O)N[C@@H](CCCNC(=N)N)C(=O)O)C(C)C. The number of phenols is 1. The maximum atomic E-state index is 15.0. The van der Waals surface area contributed by atoms with E-state index in [1.807, 2.05) is 0 Å². The number of rotatable bonds is 62. The summed E-state index contributed by atoms with van der Waals surface area (Å²) in [6, 6.07) is 2.27. The zero-order valence-corrected chi connectivity index (χ0v) is 81.0. The molecule has 138 heavy (non-hydrogen) atoms. The van der Waals surface area contributed by atoms with Crippen molar-refractivity contribution < 1.29 is 96.5 Å². The number of thiol groups is 4. The lowest BCUT2D eigenvalue weighted by molar-refractivity contribution is -0.142. The van der Waals surface area contributed by atoms with Crippen molar-refractivity contribution in [1.82, 2.24) is 111 Å². The average molecular weight is 2010 g/mol. The largest absolute Gasteiger partial charge is 0.508 e. The monoisotopic (exact) mass is 2000 g/mol. The Balaban J connectivity index is 1.51. The second-order valence-corrected chi connectivity index (χ2v) is 34.4. The number of H-pyrrole nitrogens is 1. The second-order valence-electron chi connectivity index (χ2n) is 33.0. The molecule has 34 N–H and O–H groups in total. The van der Waals surface area contributed by atoms with Crippen LogP contribution < -0.4 is 129 Å². The number of hydrogen-bond acceptors (Lipinski definition) is 27. The first-order valence-electron chi connectivity index (χ1n) is 44.4. The third-order valence-corrected chi connectivity index (χ3v) is 22.5. The summed E-state index contributed by atoms with van der Waals surface area (Å²) in [7, 11) is 0. The number of aliphatic carboxylic acids is 1. The van der Waals surface area contributed by atoms with Crippen LogP contribution in [0.1, 0.15) is 110 Å². The molecule has 4 aromatic rings. The maximum Gasteiger partial charge on any atom is 0.326 e. The summed E-state index contributed by atoms with van der Waals surface area (Å²) < 4.78 is 0. The number of aromatic amines is 1. The van der Waals surface area contributed by atoms with Crippen LogP contribution in [0.5, 0.6) is 5.75 Å². The number of nitrogens with one attached hydrogen (secondary N) is 24. The molecule has 0 unspecified atom stereocenters. The summed E-state index contributed by atoms with van der Waals surface area (Å²) in [5, 5.41) is 92.9. The first-order chi connectivity index (χ1) is 65.4. The van der Waals surface area contributed by atoms with Crippen LogP contribution in [0.3, 0.4) is 0 Å². The number of aromatic hydroxyl groups is 1. The van der Waals surface area contributed by atoms with Crippen LogP contribution in [0.25, 0.3) is 10.9 Å². The molecular formula is C86H132N28O20S4. The van der Waals surface area contributed by atoms with Gasteiger partial charge in [-0.1, -0.05) is 109 Å². The topological polar surface area (TPSA) is 780 Å². The molecule has 3 aromatic carbocycles. The predicted octanol–water partition coefficient (Wildman–Crippen LogP) is -7.03. The summed E-state index contributed by atoms with van der Waals surface area (Å²) in [5.74, 6) is -20.8. The predicted molar refractivity (Wildman–Crippen MR) is 524 cm³/mol. The van der Waals surface area contributed by atoms with E-state index in [0.717, 1.165) is 0 Å². The summed E-state index contributed by atoms with van der Waals surface area (Å²) in [5.41, 5.74) is 24.0. The number of amides is 17. The fraction of sp³-hybridized carbons (Fsp3) is 0.523. The molecule has 0 bridgehead atoms. The van der Waals surface area contributed by atoms with Gasteiger partial charge in [-0.3, -0.25) is 97.7 Å². The van der Waals surface area contributed by atoms with Crippen molar-refractivity contribution in [3.05, 3.63) is 102 Å². The minimum absolute atomic E-state index is 0.00584. The Bertz CT molecular complexity index is 4830. The van der Waals surface area contributed by atoms with Crippen molar-refractivity contribution in [2.24, 2.45) is 40.7 Å². The summed E-state index contributed by atoms with van der Waals surface area (Å²) >= 11 is 17.4. The van der Waals surface area contributed by atoms with Crippen LogP contribution in [-0.2, 0) is 106 Å². The van der Waals surface area contributed by atoms with Crippen LogP contribution in [0.4, 0.5) is 0 Å². The van der Waals surface area contributed by atoms with Crippen LogP contribution >= 0.6 is 50.5 Å². The molecule has 0 aliphatic heterocycles. The lowest BCUT2D eigenvalue weighted by Crippen LogP contribution is -2.62. The third kappa shape index (κ3) is 43.3. The lowest BCUT2D eigenvalue weighted by Gasteiger charge is -2.29. The molecule has 760 valence electrons. The van der Waals surface area contributed by atoms with Crippen LogP contribution in [0, 0.1) is 34.0 Å². The smallest absolute Gasteiger partial charge is 0.326 e. The highest BCUT2D eigenvalue weighted by molar-refractivity contribution is 7.80. The minimum atomic E-state index is -1.59. The first-order valence-corrected chi connectivity index (χ1v) is 46.9. The van der Waals surface area contributed by atoms with E-state index in [0.29, 0.717) is 40.6 Å². The molecule has 4 rings (SSSR count). The molecular weight excluding hydrogens is 1870 g/mol. The van der Waals surface area contributed by atoms with Gasteiger partial charge in [-0.15, -0.1) is 0 Å². The molecule has 1 aromatic heterocycles. The molecule has 1 heterocycles. The normalized spacial score (nSPS) is 14.0. The number of phenolic OH excluding ortho intramolecular Hbond substituents is 1. The summed E-state index contributed by atoms with van der Waals surface area (Å²) in [6.07, 6.45) is 1.74. The Morgan fingerprint density at radius 1 is 0.370 bits per heavy atom. The van der Waals surface area contributed by atoms with Crippen LogP contribution in [0.2, 0.25) is 0 Å². The van der Waals surface area contributed by atoms with Gasteiger partial charge in [0, 0.05) is 79.0 Å². The molecule has 0 saturated heterocycles. The van der Waals surface area contributed by atoms with E-state index in [4.69, 9.17) is 39.2 Å². The summed E-state index contributed by atoms with van der Waals surface area (Å²) in [4.78, 5) is 251. The van der Waals surface area contributed by atoms with Crippen molar-refractivity contribution in [3.8, 4) is 5.75 Å². The standard InChI is InChI=1S/C86H132N28O20S4/c1-7-46(6)70(82(132)112-62(42-137)79(129)107-57(31-47-16-9-8-10-17-47)74(124)111-63(43-138)80(130)113-69(45(4)5)81(131)102-39-67(119)103-55(83(133)134)22-15-29-96-86(92)93)114-76(126)59(33-49-34-97-53-20-12-11-18-51(49)53)105-68(120)38-101-72(122)54(21-14-28-95-85(90)91)106-77(127)60(40-135)110-75(125)58(32-48-23-25-50(115)26-24-48)108-78(128)61(41-136)109-73(123)56(30-44(2)3)104-66(118)37-99-64(116)35-98-65(117)36-100-71(121)52(87)19-13-27-94-84(88)89/h8-12,16-18,20,23-26,34,44-46,52,54-63,69-70,97,115,135-138H,7,13-15,19,21-22,27-33,35-43,87H2,1-6H3,(H,98,117)(H,99,116)(H,100,121)(H,101,122)(H,102,131)(H,103,119)(H,104,118)(H,105,120)(H,106,127)(H,107,129)(H,108,128)(H,109,123)(H,110,125)(H,111,124)(H,112,132)(H,113,130)(H,114,126)(H,133,134)(H4,88,89,94)(H4,90,91,95)(H4,92,93,96)/t46-,52-,54-,55-,56-,57-,58-,59-,60-,61-,62-,63-,69-,70-/m0/s1. The van der Waals surface area contributed by atoms with Crippen molar-refractivity contribution in [2.75, 3.05) is 75.4 Å². The van der Waals surface area contributed by atoms with E-state index in [9.17, 15) is 96.5 Å². The van der Waals surface area contributed by atoms with Gasteiger partial charge in [-0.05, 0) is 97.6 Å². The van der Waals surface area contributed by atoms with Gasteiger partial charge in [-0.25, -0.2) is 4.79 Å². The molecule has 17 amide bonds. The lowest BCUT2D eigenvalue weighted by atomic mass is 9.96. The van der Waals surface area contributed by atoms with Gasteiger partial charge in [-0.2, -0.15) is 50.5 Å². The number of para-hydroxylation sites is 1. The van der Waals surface area contributed by atoms with Gasteiger partial charge < -0.3 is 144 Å². The Kier molecular flexibility index (Phi) is 52.3. The van der Waals surface area contributed by atoms with Crippen molar-refractivity contribution in [2.45, 2.75) is 191 Å². The van der Waals surface area contributed by atoms with Gasteiger partial charge in [0.25, 0.3) is 0 Å². The minimum Gasteiger partial charge on any atom is -0.508 e. The number of carbonyl (C=O) groups is 18. The first kappa shape index (κ1) is 117. The number of hydrogen-bond donors (Lipinski definition) is 34. The van der Waals surface area contributed by atoms with Gasteiger partial charge in [0.05, 0.1) is 38.8 Å². The van der Waals surface area contributed by atoms with Gasteiger partial charge >= 0.3 is 5.97 Å². The zero-order chi connectivity index (χ0) is 103. The van der Waals surface area contributed by atoms with E-state index >= 15 is 0 Å². The number of carboxylic acid groups (broad SMARTS) is 1. The molecule has 0 aliphatic rings. The molecule has 0 spiro atoms. The number of nitrogens with two attached hydrogens (primary N) is 4. The number of carbonyl (C=O) groups excluding carboxylic acids is 17. The number of aromatic nitrogens is 1. The van der Waals surface area contributed by atoms with E-state index in [1.165, 1.54) is 24.3 Å². The number of benzene rings is 3. The average Bonchev–Trinajstić information content (AvgIpc) is 1.70. The molecule has 0 saturated carbocycles. The zero-order valence-electron chi connectivity index (χ0n) is 77.4. The molecule has 14 atom stereocenters. The molecule has 52 heteroatoms. The van der Waals surface area contributed by atoms with E-state index in [2.05, 4.69) is 162 Å². The van der Waals surface area contributed by atoms with Crippen LogP contribution in [0.15, 0.2) is 85.1 Å². The van der Waals surface area contributed by atoms with Crippen molar-refractivity contribution in [3.63, 3.8) is 0 Å². The number of fused-ring (bicyclic) bond motifs is 1. The number of guanidine groups is 3. The quantitative estimate of drug-likeness (QED) is 0.00845. The van der Waals surface area contributed by atoms with E-state index < -0.39 is 241 Å². The third-order valence-electron chi connectivity index (χ3n) is 21.1. The molecule has 0 radical (unpaired) electrons. The highest BCUT2D eigenvalue weighted by Crippen LogP contribution is 2.21. The number of carboxylic acids is 1. The highest BCUT2D eigenvalue weighted by Gasteiger charge is 2.39. The van der Waals surface area contributed by atoms with Crippen molar-refractivity contribution >= 4 is 186 Å². The molecule has 0 aliphatic carbocycles. The highest BCUT2D eigenvalue weighted by atomic mass is 32.1.